The highest BCUT2D eigenvalue weighted by atomic mass is 35.5. The zero-order chi connectivity index (χ0) is 71.7. The molecule has 1 saturated heterocycles. The number of pyridine rings is 2. The molecular weight excluding hydrogens is 1270 g/mol. The number of furan rings is 1. The second-order valence-corrected chi connectivity index (χ2v) is 26.4. The van der Waals surface area contributed by atoms with E-state index in [0.717, 1.165) is 44.5 Å². The van der Waals surface area contributed by atoms with Crippen LogP contribution in [0.25, 0.3) is 76.1 Å². The summed E-state index contributed by atoms with van der Waals surface area (Å²) in [6, 6.07) is 81.1. The predicted molar refractivity (Wildman–Crippen MR) is 430 cm³/mol. The Morgan fingerprint density at radius 3 is 1.77 bits per heavy atom. The van der Waals surface area contributed by atoms with Crippen molar-refractivity contribution in [2.24, 2.45) is 13.0 Å². The number of hydrogen-bond donors (Lipinski definition) is 2. The summed E-state index contributed by atoms with van der Waals surface area (Å²) in [4.78, 5) is 22.8. The molecule has 0 bridgehead atoms. The van der Waals surface area contributed by atoms with Gasteiger partial charge in [0.1, 0.15) is 16.5 Å². The third-order valence-electron chi connectivity index (χ3n) is 17.5. The van der Waals surface area contributed by atoms with Gasteiger partial charge in [-0.25, -0.2) is 0 Å². The molecule has 2 N–H and O–H groups in total. The molecule has 10 nitrogen and oxygen atoms in total. The van der Waals surface area contributed by atoms with Gasteiger partial charge < -0.3 is 19.1 Å². The van der Waals surface area contributed by atoms with Gasteiger partial charge in [0.2, 0.25) is 0 Å². The number of benzene rings is 9. The lowest BCUT2D eigenvalue weighted by Crippen LogP contribution is -2.12. The van der Waals surface area contributed by atoms with Crippen molar-refractivity contribution >= 4 is 87.7 Å². The molecule has 3 aliphatic rings. The van der Waals surface area contributed by atoms with Crippen LogP contribution in [0.3, 0.4) is 0 Å². The molecule has 8 heterocycles. The van der Waals surface area contributed by atoms with E-state index in [4.69, 9.17) is 20.8 Å². The lowest BCUT2D eigenvalue weighted by molar-refractivity contribution is 0.0773. The first-order valence-electron chi connectivity index (χ1n) is 35.0. The van der Waals surface area contributed by atoms with Crippen molar-refractivity contribution in [1.29, 1.82) is 0 Å². The van der Waals surface area contributed by atoms with Crippen molar-refractivity contribution in [2.45, 2.75) is 107 Å². The van der Waals surface area contributed by atoms with Gasteiger partial charge in [-0.2, -0.15) is 5.10 Å². The minimum atomic E-state index is 0.375. The fourth-order valence-corrected chi connectivity index (χ4v) is 12.2. The quantitative estimate of drug-likeness (QED) is 0.168. The summed E-state index contributed by atoms with van der Waals surface area (Å²) in [6.45, 7) is 20.6. The smallest absolute Gasteiger partial charge is 0.134 e. The van der Waals surface area contributed by atoms with Gasteiger partial charge in [-0.05, 0) is 187 Å². The summed E-state index contributed by atoms with van der Waals surface area (Å²) < 4.78 is 12.7. The lowest BCUT2D eigenvalue weighted by Gasteiger charge is -2.12. The maximum absolute atomic E-state index is 5.97. The molecule has 0 spiro atoms. The number of aromatic amines is 2. The molecule has 11 heteroatoms. The molecule has 3 unspecified atom stereocenters. The van der Waals surface area contributed by atoms with E-state index >= 15 is 0 Å². The van der Waals surface area contributed by atoms with Gasteiger partial charge in [-0.3, -0.25) is 24.6 Å². The van der Waals surface area contributed by atoms with Crippen LogP contribution in [0.5, 0.6) is 0 Å². The minimum Gasteiger partial charge on any atom is -0.461 e. The molecule has 2 aliphatic carbocycles. The number of hydrogen-bond acceptors (Lipinski definition) is 7. The van der Waals surface area contributed by atoms with Crippen molar-refractivity contribution in [3.05, 3.63) is 353 Å². The van der Waals surface area contributed by atoms with Crippen LogP contribution in [-0.4, -0.2) is 51.9 Å². The fourth-order valence-electron chi connectivity index (χ4n) is 12.0. The normalized spacial score (nSPS) is 14.3. The Bertz CT molecular complexity index is 4980. The van der Waals surface area contributed by atoms with Crippen molar-refractivity contribution in [3.63, 3.8) is 0 Å². The van der Waals surface area contributed by atoms with Gasteiger partial charge >= 0.3 is 0 Å². The van der Waals surface area contributed by atoms with Crippen LogP contribution >= 0.6 is 11.6 Å². The molecule has 19 rings (SSSR count). The van der Waals surface area contributed by atoms with Crippen molar-refractivity contribution in [2.75, 3.05) is 0 Å². The fraction of sp³-hybridized carbons (Fsp3) is 0.198. The molecule has 1 saturated carbocycles. The van der Waals surface area contributed by atoms with Gasteiger partial charge in [-0.15, -0.1) is 0 Å². The molecule has 2 fully saturated rings. The molecule has 1 aliphatic heterocycles. The van der Waals surface area contributed by atoms with Crippen LogP contribution in [0, 0.1) is 68.2 Å². The van der Waals surface area contributed by atoms with Gasteiger partial charge in [0.05, 0.1) is 34.6 Å². The SMILES string of the molecule is CC1CC2C=CC=CC2O1.Cc1c(C2CC2)nn(C)c1Cl.Cc1c[nH]c2ccccc12.Cc1cc2ccccc2[nH]1.Cc1cc2ccccc2o1.Cc1ccc2ccccc2c1.Cc1ccc2ccccc2n1.Cc1cccc2ccccc12.Cc1cnc2ccccc2c1.Cc1cnccn1. The van der Waals surface area contributed by atoms with Crippen molar-refractivity contribution < 1.29 is 9.15 Å². The van der Waals surface area contributed by atoms with Crippen LogP contribution in [-0.2, 0) is 11.8 Å². The Labute approximate surface area is 605 Å². The molecular formula is C91H93ClN8O2. The van der Waals surface area contributed by atoms with Crippen molar-refractivity contribution in [1.82, 2.24) is 39.7 Å². The number of nitrogens with zero attached hydrogens (tertiary/aromatic N) is 6. The second kappa shape index (κ2) is 36.9. The van der Waals surface area contributed by atoms with Crippen LogP contribution in [0.1, 0.15) is 88.5 Å². The average Bonchev–Trinajstić information content (AvgIpc) is 1.66. The van der Waals surface area contributed by atoms with Gasteiger partial charge in [-0.1, -0.05) is 223 Å². The molecule has 16 aromatic rings. The number of allylic oxidation sites excluding steroid dienone is 2. The van der Waals surface area contributed by atoms with E-state index in [1.807, 2.05) is 132 Å². The summed E-state index contributed by atoms with van der Waals surface area (Å²) in [5.41, 5.74) is 16.4. The van der Waals surface area contributed by atoms with Crippen molar-refractivity contribution in [3.8, 4) is 0 Å². The zero-order valence-corrected chi connectivity index (χ0v) is 61.3. The minimum absolute atomic E-state index is 0.375. The van der Waals surface area contributed by atoms with Gasteiger partial charge in [0.15, 0.2) is 0 Å². The number of aryl methyl sites for hydroxylation is 9. The number of aromatic nitrogens is 8. The summed E-state index contributed by atoms with van der Waals surface area (Å²) in [6.07, 6.45) is 22.1. The Balaban J connectivity index is 0.000000122. The van der Waals surface area contributed by atoms with Gasteiger partial charge in [0, 0.05) is 99.4 Å². The highest BCUT2D eigenvalue weighted by Crippen LogP contribution is 2.42. The Morgan fingerprint density at radius 1 is 0.490 bits per heavy atom. The van der Waals surface area contributed by atoms with Crippen LogP contribution in [0.2, 0.25) is 5.15 Å². The Kier molecular flexibility index (Phi) is 26.6. The number of nitrogens with one attached hydrogen (secondary N) is 2. The van der Waals surface area contributed by atoms with E-state index in [1.54, 1.807) is 23.3 Å². The number of ether oxygens (including phenoxy) is 1. The lowest BCUT2D eigenvalue weighted by atomic mass is 9.96. The monoisotopic (exact) mass is 1360 g/mol. The summed E-state index contributed by atoms with van der Waals surface area (Å²) in [5, 5.41) is 16.7. The highest BCUT2D eigenvalue weighted by Gasteiger charge is 2.30. The topological polar surface area (TPSA) is 123 Å². The number of rotatable bonds is 1. The number of halogens is 1. The first kappa shape index (κ1) is 73.7. The molecule has 0 radical (unpaired) electrons. The van der Waals surface area contributed by atoms with Crippen LogP contribution in [0.15, 0.2) is 296 Å². The summed E-state index contributed by atoms with van der Waals surface area (Å²) in [7, 11) is 1.89. The van der Waals surface area contributed by atoms with E-state index < -0.39 is 0 Å². The zero-order valence-electron chi connectivity index (χ0n) is 60.5. The molecule has 9 aromatic carbocycles. The molecule has 102 heavy (non-hydrogen) atoms. The van der Waals surface area contributed by atoms with Crippen LogP contribution in [0.4, 0.5) is 0 Å². The first-order valence-corrected chi connectivity index (χ1v) is 35.4. The second-order valence-electron chi connectivity index (χ2n) is 26.1. The molecule has 516 valence electrons. The third-order valence-corrected chi connectivity index (χ3v) is 18.0. The predicted octanol–water partition coefficient (Wildman–Crippen LogP) is 24.0. The average molecular weight is 1370 g/mol. The number of para-hydroxylation sites is 5. The van der Waals surface area contributed by atoms with E-state index in [0.29, 0.717) is 24.0 Å². The third kappa shape index (κ3) is 21.7. The van der Waals surface area contributed by atoms with E-state index in [1.165, 1.54) is 112 Å². The number of fused-ring (bicyclic) bond motifs is 8. The molecule has 7 aromatic heterocycles. The summed E-state index contributed by atoms with van der Waals surface area (Å²) >= 11 is 5.97. The maximum Gasteiger partial charge on any atom is 0.134 e. The molecule has 3 atom stereocenters. The first-order chi connectivity index (χ1) is 49.5. The van der Waals surface area contributed by atoms with Gasteiger partial charge in [0.25, 0.3) is 0 Å². The van der Waals surface area contributed by atoms with E-state index in [2.05, 4.69) is 253 Å². The standard InChI is InChI=1S/2C11H10.2C10H9N.2C9H9N.C9H12O.C9H8O.C8H11ClN2.C5H6N2/c1-9-5-4-7-10-6-2-3-8-11(9)10;1-9-6-7-10-4-2-3-5-11(10)8-9;1-8-6-9-4-2-3-5-10(9)11-7-8;1-8-6-7-9-4-2-3-5-10(9)11-8;1-7-6-10-9-5-3-2-4-8(7)9;3*1-7-6-8-4-2-3-5-9(8)10-7;1-5-7(6-3-4-6)10-11(2)8(5)9;1-5-4-6-2-3-7-5/h2*2-8H,1H3;2*2-7H,1H3;2*2-6,10H,1H3;2-5,7-9H,6H2,1H3;2-6H,1H3;6H,3-4H2,1-2H3;2-4H,1H3. The maximum atomic E-state index is 5.97. The largest absolute Gasteiger partial charge is 0.461 e. The van der Waals surface area contributed by atoms with E-state index in [-0.39, 0.29) is 0 Å². The molecule has 0 amide bonds. The Morgan fingerprint density at radius 2 is 1.11 bits per heavy atom. The Hall–Kier alpha value is -11.0. The summed E-state index contributed by atoms with van der Waals surface area (Å²) in [5.74, 6) is 2.33. The highest BCUT2D eigenvalue weighted by molar-refractivity contribution is 6.30. The number of H-pyrrole nitrogens is 2. The van der Waals surface area contributed by atoms with Crippen LogP contribution < -0.4 is 0 Å². The van der Waals surface area contributed by atoms with E-state index in [9.17, 15) is 0 Å².